The summed E-state index contributed by atoms with van der Waals surface area (Å²) in [6.07, 6.45) is 0.901. The minimum atomic E-state index is 0.0943. The molecule has 6 nitrogen and oxygen atoms in total. The first kappa shape index (κ1) is 18.8. The average molecular weight is 413 g/mol. The van der Waals surface area contributed by atoms with E-state index in [1.165, 1.54) is 28.7 Å². The van der Waals surface area contributed by atoms with E-state index >= 15 is 0 Å². The molecule has 2 aromatic carbocycles. The van der Waals surface area contributed by atoms with E-state index in [0.717, 1.165) is 27.9 Å². The van der Waals surface area contributed by atoms with Crippen molar-refractivity contribution in [2.75, 3.05) is 23.1 Å². The molecule has 144 valence electrons. The highest BCUT2D eigenvalue weighted by Crippen LogP contribution is 2.34. The van der Waals surface area contributed by atoms with Crippen LogP contribution in [0.25, 0.3) is 0 Å². The lowest BCUT2D eigenvalue weighted by Gasteiger charge is -2.22. The number of anilines is 3. The van der Waals surface area contributed by atoms with Crippen molar-refractivity contribution in [3.8, 4) is 5.75 Å². The first-order chi connectivity index (χ1) is 13.7. The fourth-order valence-corrected chi connectivity index (χ4v) is 4.94. The van der Waals surface area contributed by atoms with Crippen LogP contribution in [-0.4, -0.2) is 35.0 Å². The second-order valence-corrected chi connectivity index (χ2v) is 8.63. The maximum Gasteiger partial charge on any atom is 0.237 e. The van der Waals surface area contributed by atoms with E-state index in [1.54, 1.807) is 7.11 Å². The summed E-state index contributed by atoms with van der Waals surface area (Å²) in [5.41, 5.74) is 3.08. The summed E-state index contributed by atoms with van der Waals surface area (Å²) < 4.78 is 6.09. The van der Waals surface area contributed by atoms with Crippen molar-refractivity contribution < 1.29 is 9.53 Å². The number of aromatic nitrogens is 2. The van der Waals surface area contributed by atoms with E-state index in [0.29, 0.717) is 10.9 Å². The van der Waals surface area contributed by atoms with Gasteiger partial charge in [0.25, 0.3) is 0 Å². The summed E-state index contributed by atoms with van der Waals surface area (Å²) in [6.45, 7) is 2.09. The van der Waals surface area contributed by atoms with Gasteiger partial charge in [-0.25, -0.2) is 0 Å². The highest BCUT2D eigenvalue weighted by molar-refractivity contribution is 8.01. The Morgan fingerprint density at radius 2 is 2.04 bits per heavy atom. The summed E-state index contributed by atoms with van der Waals surface area (Å²) >= 11 is 2.84. The van der Waals surface area contributed by atoms with Gasteiger partial charge in [0.2, 0.25) is 11.0 Å². The van der Waals surface area contributed by atoms with Gasteiger partial charge < -0.3 is 15.0 Å². The summed E-state index contributed by atoms with van der Waals surface area (Å²) in [7, 11) is 1.63. The number of nitrogens with one attached hydrogen (secondary N) is 1. The molecule has 28 heavy (non-hydrogen) atoms. The number of para-hydroxylation sites is 3. The molecule has 0 aliphatic carbocycles. The van der Waals surface area contributed by atoms with E-state index < -0.39 is 0 Å². The van der Waals surface area contributed by atoms with Gasteiger partial charge in [0.05, 0.1) is 18.6 Å². The second-order valence-electron chi connectivity index (χ2n) is 6.43. The molecule has 1 amide bonds. The summed E-state index contributed by atoms with van der Waals surface area (Å²) in [4.78, 5) is 14.7. The third-order valence-electron chi connectivity index (χ3n) is 4.55. The van der Waals surface area contributed by atoms with Crippen molar-refractivity contribution in [3.05, 3.63) is 54.1 Å². The number of amides is 1. The van der Waals surface area contributed by atoms with Crippen molar-refractivity contribution in [2.24, 2.45) is 0 Å². The van der Waals surface area contributed by atoms with E-state index in [4.69, 9.17) is 4.74 Å². The molecular weight excluding hydrogens is 392 g/mol. The van der Waals surface area contributed by atoms with Crippen molar-refractivity contribution in [1.82, 2.24) is 10.2 Å². The third-order valence-corrected chi connectivity index (χ3v) is 6.51. The van der Waals surface area contributed by atoms with Crippen LogP contribution in [0.2, 0.25) is 0 Å². The van der Waals surface area contributed by atoms with Crippen molar-refractivity contribution in [1.29, 1.82) is 0 Å². The maximum atomic E-state index is 12.8. The van der Waals surface area contributed by atoms with Crippen LogP contribution in [-0.2, 0) is 11.2 Å². The first-order valence-electron chi connectivity index (χ1n) is 8.92. The normalized spacial score (nSPS) is 15.4. The molecule has 8 heteroatoms. The van der Waals surface area contributed by atoms with Crippen LogP contribution < -0.4 is 15.0 Å². The Bertz CT molecular complexity index is 992. The van der Waals surface area contributed by atoms with Crippen LogP contribution in [0.15, 0.2) is 52.9 Å². The Morgan fingerprint density at radius 1 is 1.25 bits per heavy atom. The number of carbonyl (C=O) groups is 1. The lowest BCUT2D eigenvalue weighted by molar-refractivity contribution is -0.116. The number of benzene rings is 2. The Kier molecular flexibility index (Phi) is 5.50. The number of methoxy groups -OCH3 is 1. The highest BCUT2D eigenvalue weighted by Gasteiger charge is 2.30. The molecule has 3 aromatic rings. The number of carbonyl (C=O) groups excluding carboxylic acids is 1. The van der Waals surface area contributed by atoms with Gasteiger partial charge in [-0.15, -0.1) is 10.2 Å². The molecule has 1 aliphatic heterocycles. The predicted octanol–water partition coefficient (Wildman–Crippen LogP) is 4.36. The molecule has 0 fully saturated rings. The summed E-state index contributed by atoms with van der Waals surface area (Å²) in [5, 5.41) is 12.2. The van der Waals surface area contributed by atoms with Crippen molar-refractivity contribution in [3.63, 3.8) is 0 Å². The van der Waals surface area contributed by atoms with Crippen LogP contribution in [0.1, 0.15) is 12.5 Å². The van der Waals surface area contributed by atoms with Crippen LogP contribution in [0.4, 0.5) is 16.5 Å². The van der Waals surface area contributed by atoms with Gasteiger partial charge in [0.1, 0.15) is 5.75 Å². The number of fused-ring (bicyclic) bond motifs is 1. The van der Waals surface area contributed by atoms with E-state index in [1.807, 2.05) is 47.4 Å². The Balaban J connectivity index is 1.39. The Labute approximate surface area is 171 Å². The molecule has 0 saturated heterocycles. The maximum absolute atomic E-state index is 12.8. The molecule has 1 N–H and O–H groups in total. The van der Waals surface area contributed by atoms with Gasteiger partial charge in [-0.3, -0.25) is 4.79 Å². The zero-order valence-corrected chi connectivity index (χ0v) is 17.2. The fraction of sp³-hybridized carbons (Fsp3) is 0.250. The number of hydrogen-bond donors (Lipinski definition) is 1. The fourth-order valence-electron chi connectivity index (χ4n) is 3.32. The zero-order valence-electron chi connectivity index (χ0n) is 15.6. The standard InChI is InChI=1S/C20H20N4O2S2/c1-13-11-14-7-3-5-9-16(14)24(13)18(25)12-27-20-23-22-19(28-20)21-15-8-4-6-10-17(15)26-2/h3-10,13H,11-12H2,1-2H3,(H,21,22). The summed E-state index contributed by atoms with van der Waals surface area (Å²) in [6, 6.07) is 15.9. The molecule has 1 aliphatic rings. The van der Waals surface area contributed by atoms with Crippen molar-refractivity contribution >= 4 is 45.5 Å². The largest absolute Gasteiger partial charge is 0.495 e. The monoisotopic (exact) mass is 412 g/mol. The molecule has 1 atom stereocenters. The third kappa shape index (κ3) is 3.83. The average Bonchev–Trinajstić information content (AvgIpc) is 3.29. The number of hydrogen-bond acceptors (Lipinski definition) is 7. The van der Waals surface area contributed by atoms with Crippen molar-refractivity contribution in [2.45, 2.75) is 23.7 Å². The smallest absolute Gasteiger partial charge is 0.237 e. The first-order valence-corrected chi connectivity index (χ1v) is 10.7. The minimum absolute atomic E-state index is 0.0943. The predicted molar refractivity (Wildman–Crippen MR) is 114 cm³/mol. The second kappa shape index (κ2) is 8.20. The minimum Gasteiger partial charge on any atom is -0.495 e. The van der Waals surface area contributed by atoms with Crippen LogP contribution >= 0.6 is 23.1 Å². The van der Waals surface area contributed by atoms with Crippen LogP contribution in [0.5, 0.6) is 5.75 Å². The Hall–Kier alpha value is -2.58. The number of nitrogens with zero attached hydrogens (tertiary/aromatic N) is 3. The molecule has 0 spiro atoms. The molecule has 0 radical (unpaired) electrons. The van der Waals surface area contributed by atoms with Gasteiger partial charge in [0.15, 0.2) is 4.34 Å². The molecule has 2 heterocycles. The lowest BCUT2D eigenvalue weighted by Crippen LogP contribution is -2.36. The number of rotatable bonds is 6. The molecule has 1 unspecified atom stereocenters. The Morgan fingerprint density at radius 3 is 2.89 bits per heavy atom. The molecule has 4 rings (SSSR count). The highest BCUT2D eigenvalue weighted by atomic mass is 32.2. The van der Waals surface area contributed by atoms with Crippen LogP contribution in [0.3, 0.4) is 0 Å². The molecule has 0 bridgehead atoms. The van der Waals surface area contributed by atoms with Crippen LogP contribution in [0, 0.1) is 0 Å². The van der Waals surface area contributed by atoms with Gasteiger partial charge in [-0.2, -0.15) is 0 Å². The number of thioether (sulfide) groups is 1. The van der Waals surface area contributed by atoms with Gasteiger partial charge >= 0.3 is 0 Å². The molecule has 0 saturated carbocycles. The molecule has 1 aromatic heterocycles. The van der Waals surface area contributed by atoms with E-state index in [-0.39, 0.29) is 11.9 Å². The van der Waals surface area contributed by atoms with Gasteiger partial charge in [-0.1, -0.05) is 53.4 Å². The van der Waals surface area contributed by atoms with Gasteiger partial charge in [0, 0.05) is 11.7 Å². The zero-order chi connectivity index (χ0) is 19.5. The number of ether oxygens (including phenoxy) is 1. The lowest BCUT2D eigenvalue weighted by atomic mass is 10.1. The quantitative estimate of drug-likeness (QED) is 0.607. The van der Waals surface area contributed by atoms with E-state index in [9.17, 15) is 4.79 Å². The van der Waals surface area contributed by atoms with Gasteiger partial charge in [-0.05, 0) is 37.1 Å². The SMILES string of the molecule is COc1ccccc1Nc1nnc(SCC(=O)N2c3ccccc3CC2C)s1. The summed E-state index contributed by atoms with van der Waals surface area (Å²) in [5.74, 6) is 1.17. The topological polar surface area (TPSA) is 67.3 Å². The molecular formula is C20H20N4O2S2. The van der Waals surface area contributed by atoms with E-state index in [2.05, 4.69) is 28.5 Å².